The molecule has 10 heteroatoms. The fourth-order valence-corrected chi connectivity index (χ4v) is 5.44. The topological polar surface area (TPSA) is 92.6 Å². The molecule has 3 aromatic carbocycles. The minimum absolute atomic E-state index is 0.00294. The van der Waals surface area contributed by atoms with Gasteiger partial charge in [-0.3, -0.25) is 9.59 Å². The number of aliphatic imine (C=N–C) groups is 1. The van der Waals surface area contributed by atoms with Crippen molar-refractivity contribution in [2.75, 3.05) is 19.5 Å². The van der Waals surface area contributed by atoms with Gasteiger partial charge in [-0.25, -0.2) is 5.01 Å². The summed E-state index contributed by atoms with van der Waals surface area (Å²) in [5, 5.41) is 9.96. The Morgan fingerprint density at radius 3 is 2.26 bits per heavy atom. The molecule has 0 aliphatic carbocycles. The Balaban J connectivity index is 1.33. The molecule has 38 heavy (non-hydrogen) atoms. The molecule has 0 aromatic heterocycles. The van der Waals surface area contributed by atoms with Gasteiger partial charge in [0.1, 0.15) is 16.7 Å². The highest BCUT2D eigenvalue weighted by Gasteiger charge is 2.39. The van der Waals surface area contributed by atoms with Crippen LogP contribution in [0.3, 0.4) is 0 Å². The Labute approximate surface area is 229 Å². The van der Waals surface area contributed by atoms with E-state index in [1.807, 2.05) is 48.5 Å². The van der Waals surface area contributed by atoms with Crippen molar-refractivity contribution >= 4 is 51.7 Å². The summed E-state index contributed by atoms with van der Waals surface area (Å²) in [5.74, 6) is 0.835. The van der Waals surface area contributed by atoms with Crippen LogP contribution in [0, 0.1) is 0 Å². The van der Waals surface area contributed by atoms with Gasteiger partial charge in [0.25, 0.3) is 5.91 Å². The molecule has 5 rings (SSSR count). The number of hydrazone groups is 1. The third-order valence-electron chi connectivity index (χ3n) is 6.26. The van der Waals surface area contributed by atoms with Gasteiger partial charge in [0.2, 0.25) is 5.91 Å². The average molecular weight is 549 g/mol. The lowest BCUT2D eigenvalue weighted by molar-refractivity contribution is -0.121. The van der Waals surface area contributed by atoms with Gasteiger partial charge in [-0.05, 0) is 71.8 Å². The van der Waals surface area contributed by atoms with E-state index in [0.717, 1.165) is 22.6 Å². The number of halogens is 1. The smallest absolute Gasteiger partial charge is 0.262 e. The van der Waals surface area contributed by atoms with Crippen LogP contribution in [0.1, 0.15) is 30.0 Å². The van der Waals surface area contributed by atoms with Crippen molar-refractivity contribution in [3.8, 4) is 11.5 Å². The number of anilines is 1. The van der Waals surface area contributed by atoms with E-state index in [9.17, 15) is 9.59 Å². The summed E-state index contributed by atoms with van der Waals surface area (Å²) in [6.45, 7) is 0. The summed E-state index contributed by atoms with van der Waals surface area (Å²) in [5.41, 5.74) is 3.45. The maximum atomic E-state index is 12.8. The molecule has 1 N–H and O–H groups in total. The molecule has 3 aromatic rings. The number of hydrogen-bond acceptors (Lipinski definition) is 7. The Kier molecular flexibility index (Phi) is 7.67. The van der Waals surface area contributed by atoms with E-state index in [1.165, 1.54) is 11.8 Å². The highest BCUT2D eigenvalue weighted by molar-refractivity contribution is 8.15. The SMILES string of the molecule is COc1ccc(NC(=O)C[C@H]2SC(N3N=C(c4ccc(OC)cc4)C[C@H]3c3ccc(Cl)cc3)=NC2=O)cc1. The first-order valence-corrected chi connectivity index (χ1v) is 13.2. The first-order valence-electron chi connectivity index (χ1n) is 11.9. The summed E-state index contributed by atoms with van der Waals surface area (Å²) in [6.07, 6.45) is 0.612. The Morgan fingerprint density at radius 1 is 1.00 bits per heavy atom. The maximum absolute atomic E-state index is 12.8. The Morgan fingerprint density at radius 2 is 1.63 bits per heavy atom. The second kappa shape index (κ2) is 11.3. The summed E-state index contributed by atoms with van der Waals surface area (Å²) in [7, 11) is 3.20. The fraction of sp³-hybridized carbons (Fsp3) is 0.214. The van der Waals surface area contributed by atoms with Gasteiger partial charge in [-0.1, -0.05) is 35.5 Å². The third-order valence-corrected chi connectivity index (χ3v) is 7.65. The summed E-state index contributed by atoms with van der Waals surface area (Å²) >= 11 is 7.38. The van der Waals surface area contributed by atoms with Gasteiger partial charge < -0.3 is 14.8 Å². The quantitative estimate of drug-likeness (QED) is 0.417. The van der Waals surface area contributed by atoms with Crippen LogP contribution in [0.15, 0.2) is 82.9 Å². The molecule has 2 aliphatic rings. The van der Waals surface area contributed by atoms with E-state index in [1.54, 1.807) is 43.5 Å². The average Bonchev–Trinajstić information content (AvgIpc) is 3.53. The standard InChI is InChI=1S/C28H25ClN4O4S/c1-36-21-11-5-17(6-12-21)23-15-24(18-3-7-19(29)8-4-18)33(32-23)28-31-27(35)25(38-28)16-26(34)30-20-9-13-22(37-2)14-10-20/h3-14,24-25H,15-16H2,1-2H3,(H,30,34)/t24-,25+/m0/s1. The van der Waals surface area contributed by atoms with Crippen LogP contribution >= 0.6 is 23.4 Å². The normalized spacial score (nSPS) is 18.7. The van der Waals surface area contributed by atoms with E-state index in [4.69, 9.17) is 26.2 Å². The van der Waals surface area contributed by atoms with Gasteiger partial charge in [-0.15, -0.1) is 0 Å². The Hall–Kier alpha value is -3.82. The molecule has 0 radical (unpaired) electrons. The van der Waals surface area contributed by atoms with Crippen LogP contribution in [0.2, 0.25) is 5.02 Å². The molecule has 2 heterocycles. The number of carbonyl (C=O) groups is 2. The van der Waals surface area contributed by atoms with E-state index in [0.29, 0.717) is 28.0 Å². The van der Waals surface area contributed by atoms with Gasteiger partial charge in [0.05, 0.1) is 26.0 Å². The number of nitrogens with one attached hydrogen (secondary N) is 1. The number of methoxy groups -OCH3 is 2. The minimum atomic E-state index is -0.630. The minimum Gasteiger partial charge on any atom is -0.497 e. The molecule has 0 fully saturated rings. The van der Waals surface area contributed by atoms with Crippen LogP contribution in [0.25, 0.3) is 0 Å². The van der Waals surface area contributed by atoms with E-state index in [-0.39, 0.29) is 24.3 Å². The van der Waals surface area contributed by atoms with Crippen molar-refractivity contribution in [3.05, 3.63) is 88.9 Å². The van der Waals surface area contributed by atoms with Gasteiger partial charge >= 0.3 is 0 Å². The van der Waals surface area contributed by atoms with E-state index < -0.39 is 5.25 Å². The van der Waals surface area contributed by atoms with E-state index >= 15 is 0 Å². The first kappa shape index (κ1) is 25.8. The summed E-state index contributed by atoms with van der Waals surface area (Å²) < 4.78 is 10.4. The number of benzene rings is 3. The third kappa shape index (κ3) is 5.69. The molecule has 0 bridgehead atoms. The zero-order chi connectivity index (χ0) is 26.6. The number of nitrogens with zero attached hydrogens (tertiary/aromatic N) is 3. The molecule has 2 atom stereocenters. The van der Waals surface area contributed by atoms with Crippen molar-refractivity contribution in [2.45, 2.75) is 24.1 Å². The maximum Gasteiger partial charge on any atom is 0.262 e. The number of amides is 2. The molecule has 0 saturated heterocycles. The molecular formula is C28H25ClN4O4S. The number of ether oxygens (including phenoxy) is 2. The second-order valence-corrected chi connectivity index (χ2v) is 10.3. The largest absolute Gasteiger partial charge is 0.497 e. The van der Waals surface area contributed by atoms with Crippen molar-refractivity contribution in [2.24, 2.45) is 10.1 Å². The van der Waals surface area contributed by atoms with Crippen LogP contribution in [-0.4, -0.2) is 47.2 Å². The molecule has 0 spiro atoms. The fourth-order valence-electron chi connectivity index (χ4n) is 4.25. The molecule has 0 saturated carbocycles. The number of amidine groups is 1. The Bertz CT molecular complexity index is 1390. The van der Waals surface area contributed by atoms with Gasteiger partial charge in [0.15, 0.2) is 5.17 Å². The second-order valence-electron chi connectivity index (χ2n) is 8.71. The number of rotatable bonds is 7. The highest BCUT2D eigenvalue weighted by atomic mass is 35.5. The molecule has 2 amide bonds. The van der Waals surface area contributed by atoms with Crippen LogP contribution in [-0.2, 0) is 9.59 Å². The molecule has 2 aliphatic heterocycles. The van der Waals surface area contributed by atoms with Crippen molar-refractivity contribution < 1.29 is 19.1 Å². The summed E-state index contributed by atoms with van der Waals surface area (Å²) in [6, 6.07) is 22.1. The molecule has 194 valence electrons. The lowest BCUT2D eigenvalue weighted by Crippen LogP contribution is -2.25. The lowest BCUT2D eigenvalue weighted by atomic mass is 9.98. The van der Waals surface area contributed by atoms with Crippen LogP contribution in [0.4, 0.5) is 5.69 Å². The monoisotopic (exact) mass is 548 g/mol. The highest BCUT2D eigenvalue weighted by Crippen LogP contribution is 2.39. The summed E-state index contributed by atoms with van der Waals surface area (Å²) in [4.78, 5) is 29.8. The zero-order valence-corrected chi connectivity index (χ0v) is 22.3. The molecular weight excluding hydrogens is 524 g/mol. The number of carbonyl (C=O) groups excluding carboxylic acids is 2. The molecule has 0 unspecified atom stereocenters. The van der Waals surface area contributed by atoms with Crippen molar-refractivity contribution in [3.63, 3.8) is 0 Å². The van der Waals surface area contributed by atoms with Crippen molar-refractivity contribution in [1.29, 1.82) is 0 Å². The molecule has 8 nitrogen and oxygen atoms in total. The first-order chi connectivity index (χ1) is 18.4. The van der Waals surface area contributed by atoms with E-state index in [2.05, 4.69) is 10.3 Å². The van der Waals surface area contributed by atoms with Crippen molar-refractivity contribution in [1.82, 2.24) is 5.01 Å². The van der Waals surface area contributed by atoms with Gasteiger partial charge in [0, 0.05) is 23.6 Å². The predicted molar refractivity (Wildman–Crippen MR) is 150 cm³/mol. The van der Waals surface area contributed by atoms with Crippen LogP contribution < -0.4 is 14.8 Å². The lowest BCUT2D eigenvalue weighted by Gasteiger charge is -2.23. The number of hydrogen-bond donors (Lipinski definition) is 1. The zero-order valence-electron chi connectivity index (χ0n) is 20.8. The predicted octanol–water partition coefficient (Wildman–Crippen LogP) is 5.54. The van der Waals surface area contributed by atoms with Crippen LogP contribution in [0.5, 0.6) is 11.5 Å². The number of thioether (sulfide) groups is 1. The van der Waals surface area contributed by atoms with Gasteiger partial charge in [-0.2, -0.15) is 10.1 Å².